The van der Waals surface area contributed by atoms with Gasteiger partial charge in [-0.3, -0.25) is 4.79 Å². The van der Waals surface area contributed by atoms with Crippen molar-refractivity contribution in [2.75, 3.05) is 0 Å². The molecule has 1 amide bonds. The standard InChI is InChI=1S/C14H17FN2O/c1-3-4-9(2)16-14(18)13-8-10-7-11(15)5-6-12(10)17-13/h5-9,17H,3-4H2,1-2H3,(H,16,18)/t9-/m1/s1. The number of fused-ring (bicyclic) bond motifs is 1. The van der Waals surface area contributed by atoms with E-state index in [2.05, 4.69) is 17.2 Å². The highest BCUT2D eigenvalue weighted by Crippen LogP contribution is 2.16. The molecule has 0 saturated heterocycles. The Morgan fingerprint density at radius 3 is 2.94 bits per heavy atom. The van der Waals surface area contributed by atoms with E-state index in [4.69, 9.17) is 0 Å². The zero-order valence-corrected chi connectivity index (χ0v) is 10.6. The summed E-state index contributed by atoms with van der Waals surface area (Å²) in [7, 11) is 0. The lowest BCUT2D eigenvalue weighted by Gasteiger charge is -2.11. The van der Waals surface area contributed by atoms with Gasteiger partial charge < -0.3 is 10.3 Å². The molecule has 0 fully saturated rings. The van der Waals surface area contributed by atoms with Gasteiger partial charge in [0.1, 0.15) is 11.5 Å². The molecule has 2 N–H and O–H groups in total. The molecule has 3 nitrogen and oxygen atoms in total. The van der Waals surface area contributed by atoms with E-state index in [1.807, 2.05) is 6.92 Å². The molecule has 0 aliphatic heterocycles. The Bertz CT molecular complexity index is 562. The van der Waals surface area contributed by atoms with E-state index in [0.29, 0.717) is 11.1 Å². The number of benzene rings is 1. The smallest absolute Gasteiger partial charge is 0.267 e. The fraction of sp³-hybridized carbons (Fsp3) is 0.357. The number of carbonyl (C=O) groups is 1. The van der Waals surface area contributed by atoms with Gasteiger partial charge in [0, 0.05) is 16.9 Å². The second-order valence-electron chi connectivity index (χ2n) is 4.58. The first-order valence-electron chi connectivity index (χ1n) is 6.19. The lowest BCUT2D eigenvalue weighted by atomic mass is 10.2. The quantitative estimate of drug-likeness (QED) is 0.857. The molecule has 0 aliphatic rings. The van der Waals surface area contributed by atoms with Crippen molar-refractivity contribution in [1.29, 1.82) is 0 Å². The van der Waals surface area contributed by atoms with Gasteiger partial charge in [0.2, 0.25) is 0 Å². The average molecular weight is 248 g/mol. The largest absolute Gasteiger partial charge is 0.351 e. The molecule has 1 heterocycles. The van der Waals surface area contributed by atoms with E-state index in [0.717, 1.165) is 18.4 Å². The molecule has 18 heavy (non-hydrogen) atoms. The van der Waals surface area contributed by atoms with Crippen molar-refractivity contribution >= 4 is 16.8 Å². The number of carbonyl (C=O) groups excluding carboxylic acids is 1. The van der Waals surface area contributed by atoms with E-state index in [1.54, 1.807) is 12.1 Å². The Morgan fingerprint density at radius 2 is 2.22 bits per heavy atom. The Hall–Kier alpha value is -1.84. The van der Waals surface area contributed by atoms with Gasteiger partial charge in [0.05, 0.1) is 0 Å². The maximum absolute atomic E-state index is 13.0. The van der Waals surface area contributed by atoms with Crippen molar-refractivity contribution in [3.8, 4) is 0 Å². The number of halogens is 1. The van der Waals surface area contributed by atoms with Crippen molar-refractivity contribution in [1.82, 2.24) is 10.3 Å². The number of rotatable bonds is 4. The summed E-state index contributed by atoms with van der Waals surface area (Å²) in [5.41, 5.74) is 1.24. The van der Waals surface area contributed by atoms with Crippen LogP contribution in [0.25, 0.3) is 10.9 Å². The van der Waals surface area contributed by atoms with Crippen molar-refractivity contribution < 1.29 is 9.18 Å². The predicted molar refractivity (Wildman–Crippen MR) is 70.1 cm³/mol. The summed E-state index contributed by atoms with van der Waals surface area (Å²) >= 11 is 0. The molecular weight excluding hydrogens is 231 g/mol. The fourth-order valence-electron chi connectivity index (χ4n) is 2.03. The first kappa shape index (κ1) is 12.6. The highest BCUT2D eigenvalue weighted by atomic mass is 19.1. The zero-order valence-electron chi connectivity index (χ0n) is 10.6. The average Bonchev–Trinajstić information content (AvgIpc) is 2.72. The molecular formula is C14H17FN2O. The third-order valence-electron chi connectivity index (χ3n) is 2.93. The Kier molecular flexibility index (Phi) is 3.65. The van der Waals surface area contributed by atoms with Crippen LogP contribution in [0.1, 0.15) is 37.2 Å². The number of H-pyrrole nitrogens is 1. The minimum Gasteiger partial charge on any atom is -0.351 e. The minimum absolute atomic E-state index is 0.144. The number of amides is 1. The molecule has 4 heteroatoms. The molecule has 2 aromatic rings. The maximum atomic E-state index is 13.0. The summed E-state index contributed by atoms with van der Waals surface area (Å²) < 4.78 is 13.0. The van der Waals surface area contributed by atoms with Crippen molar-refractivity contribution in [2.24, 2.45) is 0 Å². The van der Waals surface area contributed by atoms with E-state index >= 15 is 0 Å². The molecule has 0 saturated carbocycles. The van der Waals surface area contributed by atoms with Crippen LogP contribution in [0.4, 0.5) is 4.39 Å². The molecule has 0 aliphatic carbocycles. The molecule has 0 unspecified atom stereocenters. The lowest BCUT2D eigenvalue weighted by Crippen LogP contribution is -2.32. The van der Waals surface area contributed by atoms with Crippen LogP contribution in [0.15, 0.2) is 24.3 Å². The normalized spacial score (nSPS) is 12.6. The van der Waals surface area contributed by atoms with E-state index in [1.165, 1.54) is 12.1 Å². The third kappa shape index (κ3) is 2.70. The van der Waals surface area contributed by atoms with Crippen molar-refractivity contribution in [3.05, 3.63) is 35.8 Å². The van der Waals surface area contributed by atoms with Crippen LogP contribution in [0, 0.1) is 5.82 Å². The van der Waals surface area contributed by atoms with Crippen molar-refractivity contribution in [2.45, 2.75) is 32.7 Å². The van der Waals surface area contributed by atoms with Gasteiger partial charge in [-0.05, 0) is 37.6 Å². The molecule has 1 aromatic carbocycles. The van der Waals surface area contributed by atoms with E-state index in [9.17, 15) is 9.18 Å². The van der Waals surface area contributed by atoms with Crippen LogP contribution >= 0.6 is 0 Å². The van der Waals surface area contributed by atoms with Crippen LogP contribution in [-0.4, -0.2) is 16.9 Å². The Morgan fingerprint density at radius 1 is 1.44 bits per heavy atom. The van der Waals surface area contributed by atoms with Gasteiger partial charge in [-0.1, -0.05) is 13.3 Å². The number of aromatic nitrogens is 1. The summed E-state index contributed by atoms with van der Waals surface area (Å²) in [5, 5.41) is 3.62. The number of nitrogens with one attached hydrogen (secondary N) is 2. The first-order chi connectivity index (χ1) is 8.60. The summed E-state index contributed by atoms with van der Waals surface area (Å²) in [6, 6.07) is 6.24. The van der Waals surface area contributed by atoms with Crippen LogP contribution in [0.2, 0.25) is 0 Å². The van der Waals surface area contributed by atoms with Gasteiger partial charge in [-0.2, -0.15) is 0 Å². The molecule has 2 rings (SSSR count). The third-order valence-corrected chi connectivity index (χ3v) is 2.93. The summed E-state index contributed by atoms with van der Waals surface area (Å²) in [6.45, 7) is 4.05. The second-order valence-corrected chi connectivity index (χ2v) is 4.58. The predicted octanol–water partition coefficient (Wildman–Crippen LogP) is 3.23. The van der Waals surface area contributed by atoms with Gasteiger partial charge >= 0.3 is 0 Å². The first-order valence-corrected chi connectivity index (χ1v) is 6.19. The van der Waals surface area contributed by atoms with Gasteiger partial charge in [-0.25, -0.2) is 4.39 Å². The van der Waals surface area contributed by atoms with Gasteiger partial charge in [-0.15, -0.1) is 0 Å². The minimum atomic E-state index is -0.298. The Balaban J connectivity index is 2.18. The van der Waals surface area contributed by atoms with E-state index in [-0.39, 0.29) is 17.8 Å². The summed E-state index contributed by atoms with van der Waals surface area (Å²) in [6.07, 6.45) is 1.97. The van der Waals surface area contributed by atoms with E-state index < -0.39 is 0 Å². The highest BCUT2D eigenvalue weighted by Gasteiger charge is 2.12. The lowest BCUT2D eigenvalue weighted by molar-refractivity contribution is 0.0934. The number of aromatic amines is 1. The Labute approximate surface area is 105 Å². The molecule has 0 radical (unpaired) electrons. The van der Waals surface area contributed by atoms with Crippen LogP contribution in [0.3, 0.4) is 0 Å². The van der Waals surface area contributed by atoms with Gasteiger partial charge in [0.15, 0.2) is 0 Å². The molecule has 96 valence electrons. The molecule has 1 aromatic heterocycles. The maximum Gasteiger partial charge on any atom is 0.267 e. The molecule has 0 bridgehead atoms. The molecule has 1 atom stereocenters. The van der Waals surface area contributed by atoms with Crippen molar-refractivity contribution in [3.63, 3.8) is 0 Å². The fourth-order valence-corrected chi connectivity index (χ4v) is 2.03. The second kappa shape index (κ2) is 5.21. The molecule has 0 spiro atoms. The highest BCUT2D eigenvalue weighted by molar-refractivity contribution is 5.98. The number of hydrogen-bond acceptors (Lipinski definition) is 1. The number of hydrogen-bond donors (Lipinski definition) is 2. The van der Waals surface area contributed by atoms with Crippen LogP contribution in [-0.2, 0) is 0 Å². The monoisotopic (exact) mass is 248 g/mol. The SMILES string of the molecule is CCC[C@@H](C)NC(=O)c1cc2cc(F)ccc2[nH]1. The van der Waals surface area contributed by atoms with Crippen LogP contribution in [0.5, 0.6) is 0 Å². The summed E-state index contributed by atoms with van der Waals surface area (Å²) in [4.78, 5) is 14.9. The van der Waals surface area contributed by atoms with Gasteiger partial charge in [0.25, 0.3) is 5.91 Å². The summed E-state index contributed by atoms with van der Waals surface area (Å²) in [5.74, 6) is -0.444. The zero-order chi connectivity index (χ0) is 13.1. The van der Waals surface area contributed by atoms with Crippen LogP contribution < -0.4 is 5.32 Å². The topological polar surface area (TPSA) is 44.9 Å².